The maximum absolute atomic E-state index is 10.3. The molecule has 0 saturated heterocycles. The molecule has 4 nitrogen and oxygen atoms in total. The van der Waals surface area contributed by atoms with E-state index in [0.29, 0.717) is 0 Å². The Morgan fingerprint density at radius 1 is 1.25 bits per heavy atom. The van der Waals surface area contributed by atoms with Crippen LogP contribution in [0, 0.1) is 0 Å². The van der Waals surface area contributed by atoms with Gasteiger partial charge >= 0.3 is 43.7 Å². The van der Waals surface area contributed by atoms with Gasteiger partial charge in [0.25, 0.3) is 0 Å². The predicted molar refractivity (Wildman–Crippen MR) is 45.3 cm³/mol. The SMILES string of the molecule is O=C(O)c1cccc(O)c1O.[CaH2]. The van der Waals surface area contributed by atoms with E-state index in [4.69, 9.17) is 15.3 Å². The van der Waals surface area contributed by atoms with Gasteiger partial charge in [-0.25, -0.2) is 4.79 Å². The number of para-hydroxylation sites is 1. The topological polar surface area (TPSA) is 77.8 Å². The monoisotopic (exact) mass is 196 g/mol. The van der Waals surface area contributed by atoms with Crippen LogP contribution in [-0.2, 0) is 0 Å². The summed E-state index contributed by atoms with van der Waals surface area (Å²) in [6, 6.07) is 3.76. The number of aromatic carboxylic acids is 1. The Bertz CT molecular complexity index is 297. The number of carboxylic acid groups (broad SMARTS) is 1. The quantitative estimate of drug-likeness (QED) is 0.432. The Morgan fingerprint density at radius 3 is 2.25 bits per heavy atom. The summed E-state index contributed by atoms with van der Waals surface area (Å²) >= 11 is 0. The van der Waals surface area contributed by atoms with Crippen molar-refractivity contribution in [2.75, 3.05) is 0 Å². The van der Waals surface area contributed by atoms with Crippen molar-refractivity contribution >= 4 is 43.7 Å². The van der Waals surface area contributed by atoms with Crippen LogP contribution in [0.2, 0.25) is 0 Å². The summed E-state index contributed by atoms with van der Waals surface area (Å²) in [6.45, 7) is 0. The molecule has 0 aliphatic rings. The van der Waals surface area contributed by atoms with Crippen LogP contribution < -0.4 is 0 Å². The van der Waals surface area contributed by atoms with E-state index in [1.165, 1.54) is 18.2 Å². The molecule has 0 atom stereocenters. The molecule has 0 bridgehead atoms. The molecule has 0 saturated carbocycles. The fourth-order valence-electron chi connectivity index (χ4n) is 0.704. The number of carboxylic acids is 1. The molecule has 1 rings (SSSR count). The van der Waals surface area contributed by atoms with Gasteiger partial charge in [0.2, 0.25) is 0 Å². The summed E-state index contributed by atoms with van der Waals surface area (Å²) in [5.41, 5.74) is -0.301. The number of hydrogen-bond donors (Lipinski definition) is 3. The van der Waals surface area contributed by atoms with Crippen molar-refractivity contribution in [2.24, 2.45) is 0 Å². The zero-order valence-electron chi connectivity index (χ0n) is 5.48. The van der Waals surface area contributed by atoms with Gasteiger partial charge in [0.1, 0.15) is 5.56 Å². The number of benzene rings is 1. The standard InChI is InChI=1S/C7H6O4.Ca.2H/c8-5-3-1-2-4(6(5)9)7(10)11;;;/h1-3,8-9H,(H,10,11);;;. The van der Waals surface area contributed by atoms with E-state index in [2.05, 4.69) is 0 Å². The van der Waals surface area contributed by atoms with E-state index in [0.717, 1.165) is 0 Å². The summed E-state index contributed by atoms with van der Waals surface area (Å²) < 4.78 is 0. The van der Waals surface area contributed by atoms with Gasteiger partial charge in [-0.2, -0.15) is 0 Å². The number of phenols is 2. The minimum atomic E-state index is -1.27. The Morgan fingerprint density at radius 2 is 1.83 bits per heavy atom. The molecule has 0 aromatic heterocycles. The number of carbonyl (C=O) groups is 1. The van der Waals surface area contributed by atoms with Gasteiger partial charge in [-0.3, -0.25) is 0 Å². The van der Waals surface area contributed by atoms with Gasteiger partial charge in [0, 0.05) is 0 Å². The zero-order chi connectivity index (χ0) is 8.43. The van der Waals surface area contributed by atoms with Crippen molar-refractivity contribution in [1.82, 2.24) is 0 Å². The fourth-order valence-corrected chi connectivity index (χ4v) is 0.704. The fraction of sp³-hybridized carbons (Fsp3) is 0. The van der Waals surface area contributed by atoms with Gasteiger partial charge in [-0.15, -0.1) is 0 Å². The average molecular weight is 196 g/mol. The number of rotatable bonds is 1. The van der Waals surface area contributed by atoms with E-state index < -0.39 is 17.5 Å². The number of aromatic hydroxyl groups is 2. The first kappa shape index (κ1) is 11.5. The van der Waals surface area contributed by atoms with Crippen LogP contribution >= 0.6 is 0 Å². The second-order valence-corrected chi connectivity index (χ2v) is 1.98. The van der Waals surface area contributed by atoms with Crippen molar-refractivity contribution < 1.29 is 20.1 Å². The van der Waals surface area contributed by atoms with Crippen LogP contribution in [0.15, 0.2) is 18.2 Å². The molecule has 5 heteroatoms. The molecule has 62 valence electrons. The molecule has 0 heterocycles. The van der Waals surface area contributed by atoms with Gasteiger partial charge in [0.15, 0.2) is 11.5 Å². The zero-order valence-corrected chi connectivity index (χ0v) is 5.48. The molecule has 12 heavy (non-hydrogen) atoms. The third kappa shape index (κ3) is 2.27. The van der Waals surface area contributed by atoms with Crippen molar-refractivity contribution in [2.45, 2.75) is 0 Å². The van der Waals surface area contributed by atoms with Crippen molar-refractivity contribution in [3.05, 3.63) is 23.8 Å². The van der Waals surface area contributed by atoms with Gasteiger partial charge in [-0.1, -0.05) is 6.07 Å². The molecular formula is C7H8CaO4. The summed E-state index contributed by atoms with van der Waals surface area (Å²) in [4.78, 5) is 10.3. The molecule has 0 aliphatic heterocycles. The maximum atomic E-state index is 10.3. The molecule has 1 aromatic carbocycles. The molecule has 0 spiro atoms. The molecule has 3 N–H and O–H groups in total. The first-order valence-corrected chi connectivity index (χ1v) is 2.87. The first-order valence-electron chi connectivity index (χ1n) is 2.87. The Hall–Kier alpha value is -0.450. The summed E-state index contributed by atoms with van der Waals surface area (Å²) in [5, 5.41) is 26.2. The minimum absolute atomic E-state index is 0. The van der Waals surface area contributed by atoms with E-state index in [1.54, 1.807) is 0 Å². The molecule has 0 aliphatic carbocycles. The molecule has 0 fully saturated rings. The molecular weight excluding hydrogens is 188 g/mol. The van der Waals surface area contributed by atoms with Crippen molar-refractivity contribution in [1.29, 1.82) is 0 Å². The van der Waals surface area contributed by atoms with E-state index in [9.17, 15) is 4.79 Å². The second-order valence-electron chi connectivity index (χ2n) is 1.98. The van der Waals surface area contributed by atoms with Crippen molar-refractivity contribution in [3.8, 4) is 11.5 Å². The molecule has 1 aromatic rings. The van der Waals surface area contributed by atoms with Gasteiger partial charge in [-0.05, 0) is 12.1 Å². The van der Waals surface area contributed by atoms with Crippen molar-refractivity contribution in [3.63, 3.8) is 0 Å². The van der Waals surface area contributed by atoms with E-state index in [1.807, 2.05) is 0 Å². The van der Waals surface area contributed by atoms with Gasteiger partial charge < -0.3 is 15.3 Å². The van der Waals surface area contributed by atoms with Crippen LogP contribution in [0.4, 0.5) is 0 Å². The average Bonchev–Trinajstić information content (AvgIpc) is 1.94. The number of hydrogen-bond acceptors (Lipinski definition) is 3. The van der Waals surface area contributed by atoms with Crippen LogP contribution in [0.3, 0.4) is 0 Å². The van der Waals surface area contributed by atoms with E-state index >= 15 is 0 Å². The molecule has 0 radical (unpaired) electrons. The normalized spacial score (nSPS) is 8.67. The van der Waals surface area contributed by atoms with Gasteiger partial charge in [0.05, 0.1) is 0 Å². The Labute approximate surface area is 98.5 Å². The van der Waals surface area contributed by atoms with E-state index in [-0.39, 0.29) is 43.3 Å². The van der Waals surface area contributed by atoms with Crippen LogP contribution in [0.1, 0.15) is 10.4 Å². The van der Waals surface area contributed by atoms with Crippen LogP contribution in [0.5, 0.6) is 11.5 Å². The first-order chi connectivity index (χ1) is 5.13. The molecule has 0 unspecified atom stereocenters. The predicted octanol–water partition coefficient (Wildman–Crippen LogP) is -0.120. The second kappa shape index (κ2) is 4.54. The number of phenolic OH excluding ortho intramolecular Hbond substituents is 1. The third-order valence-electron chi connectivity index (χ3n) is 1.25. The summed E-state index contributed by atoms with van der Waals surface area (Å²) in [5.74, 6) is -2.29. The molecule has 0 amide bonds. The van der Waals surface area contributed by atoms with Crippen LogP contribution in [0.25, 0.3) is 0 Å². The third-order valence-corrected chi connectivity index (χ3v) is 1.25. The Balaban J connectivity index is 0.00000121. The van der Waals surface area contributed by atoms with Crippen LogP contribution in [-0.4, -0.2) is 59.0 Å². The summed E-state index contributed by atoms with van der Waals surface area (Å²) in [6.07, 6.45) is 0. The Kier molecular flexibility index (Phi) is 4.37. The summed E-state index contributed by atoms with van der Waals surface area (Å²) in [7, 11) is 0.